The lowest BCUT2D eigenvalue weighted by molar-refractivity contribution is 0.0787. The van der Waals surface area contributed by atoms with E-state index >= 15 is 0 Å². The third-order valence-electron chi connectivity index (χ3n) is 5.47. The molecule has 30 heavy (non-hydrogen) atoms. The quantitative estimate of drug-likeness (QED) is 0.638. The largest absolute Gasteiger partial charge is 0.438 e. The Morgan fingerprint density at radius 1 is 1.20 bits per heavy atom. The highest BCUT2D eigenvalue weighted by Crippen LogP contribution is 2.31. The Morgan fingerprint density at radius 2 is 1.93 bits per heavy atom. The van der Waals surface area contributed by atoms with Gasteiger partial charge in [0, 0.05) is 19.1 Å². The smallest absolute Gasteiger partial charge is 0.256 e. The van der Waals surface area contributed by atoms with Gasteiger partial charge in [0.1, 0.15) is 23.6 Å². The van der Waals surface area contributed by atoms with Gasteiger partial charge in [0.25, 0.3) is 5.91 Å². The highest BCUT2D eigenvalue weighted by molar-refractivity contribution is 5.98. The maximum absolute atomic E-state index is 13.8. The van der Waals surface area contributed by atoms with Gasteiger partial charge in [-0.25, -0.2) is 14.4 Å². The number of benzene rings is 1. The van der Waals surface area contributed by atoms with Crippen LogP contribution < -0.4 is 0 Å². The van der Waals surface area contributed by atoms with Crippen molar-refractivity contribution in [3.05, 3.63) is 53.6 Å². The number of fused-ring (bicyclic) bond motifs is 3. The minimum Gasteiger partial charge on any atom is -0.438 e. The van der Waals surface area contributed by atoms with Gasteiger partial charge in [0.15, 0.2) is 0 Å². The molecule has 3 aromatic rings. The van der Waals surface area contributed by atoms with Crippen LogP contribution in [0.1, 0.15) is 49.5 Å². The molecule has 0 atom stereocenters. The average Bonchev–Trinajstić information content (AvgIpc) is 3.29. The highest BCUT2D eigenvalue weighted by Gasteiger charge is 2.28. The number of oxazole rings is 1. The van der Waals surface area contributed by atoms with Gasteiger partial charge < -0.3 is 9.32 Å². The average molecular weight is 411 g/mol. The molecule has 0 saturated carbocycles. The summed E-state index contributed by atoms with van der Waals surface area (Å²) in [5, 5.41) is 0. The van der Waals surface area contributed by atoms with Gasteiger partial charge in [0.2, 0.25) is 5.89 Å². The van der Waals surface area contributed by atoms with Crippen LogP contribution in [-0.4, -0.2) is 49.4 Å². The Bertz CT molecular complexity index is 1080. The molecule has 0 fully saturated rings. The van der Waals surface area contributed by atoms with E-state index < -0.39 is 5.82 Å². The molecule has 158 valence electrons. The standard InChI is InChI=1S/C22H26FN5O2/c1-13(2)27(14(3)4)10-16-9-24-21(30-16)20-19-11-26(5)22(29)17-8-15(23)6-7-18(17)28(19)12-25-20/h6-9,12-14H,10-11H2,1-5H3. The Hall–Kier alpha value is -3.00. The number of imidazole rings is 1. The summed E-state index contributed by atoms with van der Waals surface area (Å²) in [6, 6.07) is 4.95. The Balaban J connectivity index is 1.72. The Morgan fingerprint density at radius 3 is 2.63 bits per heavy atom. The van der Waals surface area contributed by atoms with E-state index in [2.05, 4.69) is 42.6 Å². The maximum Gasteiger partial charge on any atom is 0.256 e. The van der Waals surface area contributed by atoms with Crippen LogP contribution in [0, 0.1) is 5.82 Å². The molecule has 1 aliphatic rings. The number of halogens is 1. The monoisotopic (exact) mass is 411 g/mol. The SMILES string of the molecule is CC(C)N(Cc1cnc(-c2ncn3c2CN(C)C(=O)c2cc(F)ccc2-3)o1)C(C)C. The molecule has 1 amide bonds. The Labute approximate surface area is 175 Å². The molecular formula is C22H26FN5O2. The first kappa shape index (κ1) is 20.3. The lowest BCUT2D eigenvalue weighted by atomic mass is 10.1. The molecule has 0 unspecified atom stereocenters. The van der Waals surface area contributed by atoms with Crippen molar-refractivity contribution in [1.82, 2.24) is 24.3 Å². The fourth-order valence-electron chi connectivity index (χ4n) is 3.93. The van der Waals surface area contributed by atoms with Crippen LogP contribution in [0.2, 0.25) is 0 Å². The van der Waals surface area contributed by atoms with Crippen LogP contribution in [0.3, 0.4) is 0 Å². The second-order valence-electron chi connectivity index (χ2n) is 8.22. The van der Waals surface area contributed by atoms with Crippen LogP contribution >= 0.6 is 0 Å². The van der Waals surface area contributed by atoms with Crippen molar-refractivity contribution in [2.24, 2.45) is 0 Å². The number of nitrogens with zero attached hydrogens (tertiary/aromatic N) is 5. The van der Waals surface area contributed by atoms with E-state index in [0.29, 0.717) is 48.0 Å². The zero-order valence-electron chi connectivity index (χ0n) is 17.9. The molecule has 3 heterocycles. The first-order chi connectivity index (χ1) is 14.3. The van der Waals surface area contributed by atoms with Gasteiger partial charge in [-0.2, -0.15) is 0 Å². The maximum atomic E-state index is 13.8. The van der Waals surface area contributed by atoms with Crippen molar-refractivity contribution in [3.63, 3.8) is 0 Å². The third-order valence-corrected chi connectivity index (χ3v) is 5.47. The van der Waals surface area contributed by atoms with E-state index in [1.165, 1.54) is 12.1 Å². The molecule has 0 spiro atoms. The lowest BCUT2D eigenvalue weighted by Gasteiger charge is -2.29. The van der Waals surface area contributed by atoms with Crippen LogP contribution in [0.4, 0.5) is 4.39 Å². The molecule has 8 heteroatoms. The number of hydrogen-bond donors (Lipinski definition) is 0. The summed E-state index contributed by atoms with van der Waals surface area (Å²) in [5.74, 6) is 0.487. The highest BCUT2D eigenvalue weighted by atomic mass is 19.1. The van der Waals surface area contributed by atoms with Crippen LogP contribution in [-0.2, 0) is 13.1 Å². The minimum absolute atomic E-state index is 0.239. The predicted molar refractivity (Wildman–Crippen MR) is 111 cm³/mol. The zero-order chi connectivity index (χ0) is 21.6. The van der Waals surface area contributed by atoms with E-state index in [4.69, 9.17) is 4.42 Å². The first-order valence-corrected chi connectivity index (χ1v) is 10.1. The molecule has 0 aliphatic carbocycles. The summed E-state index contributed by atoms with van der Waals surface area (Å²) in [5.41, 5.74) is 2.25. The van der Waals surface area contributed by atoms with Crippen molar-refractivity contribution >= 4 is 5.91 Å². The summed E-state index contributed by atoms with van der Waals surface area (Å²) in [6.45, 7) is 9.57. The minimum atomic E-state index is -0.448. The molecule has 7 nitrogen and oxygen atoms in total. The van der Waals surface area contributed by atoms with E-state index in [-0.39, 0.29) is 5.91 Å². The molecule has 2 aromatic heterocycles. The second kappa shape index (κ2) is 7.68. The number of aromatic nitrogens is 3. The number of carbonyl (C=O) groups is 1. The topological polar surface area (TPSA) is 67.4 Å². The number of hydrogen-bond acceptors (Lipinski definition) is 5. The predicted octanol–water partition coefficient (Wildman–Crippen LogP) is 3.87. The van der Waals surface area contributed by atoms with Crippen LogP contribution in [0.5, 0.6) is 0 Å². The molecule has 0 radical (unpaired) electrons. The van der Waals surface area contributed by atoms with Gasteiger partial charge >= 0.3 is 0 Å². The molecule has 1 aliphatic heterocycles. The Kier molecular flexibility index (Phi) is 5.19. The van der Waals surface area contributed by atoms with Gasteiger partial charge in [0.05, 0.1) is 36.2 Å². The van der Waals surface area contributed by atoms with Crippen molar-refractivity contribution in [3.8, 4) is 17.3 Å². The van der Waals surface area contributed by atoms with Crippen molar-refractivity contribution < 1.29 is 13.6 Å². The van der Waals surface area contributed by atoms with Gasteiger partial charge in [-0.1, -0.05) is 0 Å². The second-order valence-corrected chi connectivity index (χ2v) is 8.22. The number of rotatable bonds is 5. The van der Waals surface area contributed by atoms with Gasteiger partial charge in [-0.05, 0) is 45.9 Å². The van der Waals surface area contributed by atoms with E-state index in [9.17, 15) is 9.18 Å². The molecule has 0 bridgehead atoms. The van der Waals surface area contributed by atoms with Gasteiger partial charge in [-0.3, -0.25) is 14.3 Å². The summed E-state index contributed by atoms with van der Waals surface area (Å²) < 4.78 is 21.6. The van der Waals surface area contributed by atoms with Crippen molar-refractivity contribution in [2.75, 3.05) is 7.05 Å². The third kappa shape index (κ3) is 3.52. The fourth-order valence-corrected chi connectivity index (χ4v) is 3.93. The molecule has 0 saturated heterocycles. The lowest BCUT2D eigenvalue weighted by Crippen LogP contribution is -2.36. The van der Waals surface area contributed by atoms with Crippen LogP contribution in [0.25, 0.3) is 17.3 Å². The van der Waals surface area contributed by atoms with Crippen molar-refractivity contribution in [1.29, 1.82) is 0 Å². The molecule has 1 aromatic carbocycles. The fraction of sp³-hybridized carbons (Fsp3) is 0.409. The summed E-state index contributed by atoms with van der Waals surface area (Å²) >= 11 is 0. The summed E-state index contributed by atoms with van der Waals surface area (Å²) in [7, 11) is 1.69. The first-order valence-electron chi connectivity index (χ1n) is 10.1. The zero-order valence-corrected chi connectivity index (χ0v) is 17.9. The van der Waals surface area contributed by atoms with E-state index in [1.807, 2.05) is 4.57 Å². The molecule has 4 rings (SSSR count). The molecular weight excluding hydrogens is 385 g/mol. The molecule has 0 N–H and O–H groups in total. The van der Waals surface area contributed by atoms with Crippen LogP contribution in [0.15, 0.2) is 35.1 Å². The summed E-state index contributed by atoms with van der Waals surface area (Å²) in [6.07, 6.45) is 3.36. The van der Waals surface area contributed by atoms with Gasteiger partial charge in [-0.15, -0.1) is 0 Å². The van der Waals surface area contributed by atoms with E-state index in [1.54, 1.807) is 30.5 Å². The van der Waals surface area contributed by atoms with Crippen molar-refractivity contribution in [2.45, 2.75) is 52.9 Å². The summed E-state index contributed by atoms with van der Waals surface area (Å²) in [4.78, 5) is 25.6. The van der Waals surface area contributed by atoms with E-state index in [0.717, 1.165) is 11.5 Å². The normalized spacial score (nSPS) is 13.9. The number of carbonyl (C=O) groups excluding carboxylic acids is 1. The number of amides is 1.